The topological polar surface area (TPSA) is 89.9 Å². The third kappa shape index (κ3) is 6.48. The summed E-state index contributed by atoms with van der Waals surface area (Å²) >= 11 is 3.38. The lowest BCUT2D eigenvalue weighted by atomic mass is 10.2. The van der Waals surface area contributed by atoms with Crippen LogP contribution in [0.3, 0.4) is 0 Å². The molecule has 0 unspecified atom stereocenters. The maximum Gasteiger partial charge on any atom is 0.343 e. The van der Waals surface area contributed by atoms with E-state index in [1.54, 1.807) is 54.6 Å². The molecule has 1 N–H and O–H groups in total. The molecule has 31 heavy (non-hydrogen) atoms. The largest absolute Gasteiger partial charge is 0.494 e. The highest BCUT2D eigenvalue weighted by atomic mass is 79.9. The number of carbonyl (C=O) groups is 2. The average molecular weight is 482 g/mol. The lowest BCUT2D eigenvalue weighted by molar-refractivity contribution is 0.0734. The number of aromatic nitrogens is 1. The standard InChI is InChI=1S/C23H20BrN3O4/c1-2-13-30-20-6-3-17(4-7-20)23(29)31-21-8-5-19(24)14-18(21)15-26-27-22(28)16-9-11-25-12-10-16/h3-12,14-15H,2,13H2,1H3,(H,27,28)/b26-15+. The van der Waals surface area contributed by atoms with Crippen molar-refractivity contribution in [2.24, 2.45) is 5.10 Å². The smallest absolute Gasteiger partial charge is 0.343 e. The number of hydrogen-bond acceptors (Lipinski definition) is 6. The van der Waals surface area contributed by atoms with E-state index in [4.69, 9.17) is 9.47 Å². The van der Waals surface area contributed by atoms with Gasteiger partial charge in [-0.1, -0.05) is 22.9 Å². The molecule has 3 aromatic rings. The summed E-state index contributed by atoms with van der Waals surface area (Å²) in [5.41, 5.74) is 3.77. The lowest BCUT2D eigenvalue weighted by Gasteiger charge is -2.09. The molecule has 1 aromatic heterocycles. The Kier molecular flexibility index (Phi) is 7.89. The van der Waals surface area contributed by atoms with Gasteiger partial charge in [0.25, 0.3) is 5.91 Å². The van der Waals surface area contributed by atoms with E-state index >= 15 is 0 Å². The Balaban J connectivity index is 1.69. The fraction of sp³-hybridized carbons (Fsp3) is 0.130. The number of hydrogen-bond donors (Lipinski definition) is 1. The highest BCUT2D eigenvalue weighted by Gasteiger charge is 2.12. The maximum atomic E-state index is 12.5. The first kappa shape index (κ1) is 22.2. The van der Waals surface area contributed by atoms with Crippen LogP contribution in [0, 0.1) is 0 Å². The summed E-state index contributed by atoms with van der Waals surface area (Å²) in [4.78, 5) is 28.5. The molecule has 7 nitrogen and oxygen atoms in total. The van der Waals surface area contributed by atoms with Gasteiger partial charge in [0, 0.05) is 28.0 Å². The number of amides is 1. The summed E-state index contributed by atoms with van der Waals surface area (Å²) in [7, 11) is 0. The number of carbonyl (C=O) groups excluding carboxylic acids is 2. The predicted octanol–water partition coefficient (Wildman–Crippen LogP) is 4.62. The van der Waals surface area contributed by atoms with Crippen LogP contribution in [0.1, 0.15) is 39.6 Å². The van der Waals surface area contributed by atoms with Crippen molar-refractivity contribution in [1.29, 1.82) is 0 Å². The van der Waals surface area contributed by atoms with E-state index in [0.717, 1.165) is 10.9 Å². The van der Waals surface area contributed by atoms with Gasteiger partial charge in [-0.25, -0.2) is 10.2 Å². The first-order chi connectivity index (χ1) is 15.1. The van der Waals surface area contributed by atoms with Crippen LogP contribution >= 0.6 is 15.9 Å². The summed E-state index contributed by atoms with van der Waals surface area (Å²) < 4.78 is 11.8. The summed E-state index contributed by atoms with van der Waals surface area (Å²) in [5, 5.41) is 3.97. The Hall–Kier alpha value is -3.52. The molecule has 2 aromatic carbocycles. The van der Waals surface area contributed by atoms with Gasteiger partial charge in [0.1, 0.15) is 11.5 Å². The van der Waals surface area contributed by atoms with Crippen molar-refractivity contribution in [2.45, 2.75) is 13.3 Å². The molecule has 158 valence electrons. The molecular formula is C23H20BrN3O4. The van der Waals surface area contributed by atoms with E-state index in [2.05, 4.69) is 31.4 Å². The van der Waals surface area contributed by atoms with Crippen molar-refractivity contribution in [1.82, 2.24) is 10.4 Å². The van der Waals surface area contributed by atoms with Gasteiger partial charge in [0.2, 0.25) is 0 Å². The first-order valence-electron chi connectivity index (χ1n) is 9.55. The molecule has 8 heteroatoms. The van der Waals surface area contributed by atoms with Crippen molar-refractivity contribution < 1.29 is 19.1 Å². The number of ether oxygens (including phenoxy) is 2. The van der Waals surface area contributed by atoms with Crippen LogP contribution in [-0.4, -0.2) is 29.7 Å². The van der Waals surface area contributed by atoms with Gasteiger partial charge >= 0.3 is 5.97 Å². The number of esters is 1. The number of benzene rings is 2. The van der Waals surface area contributed by atoms with Crippen molar-refractivity contribution in [2.75, 3.05) is 6.61 Å². The second-order valence-corrected chi connectivity index (χ2v) is 7.30. The molecule has 3 rings (SSSR count). The van der Waals surface area contributed by atoms with E-state index in [9.17, 15) is 9.59 Å². The van der Waals surface area contributed by atoms with Gasteiger partial charge in [-0.2, -0.15) is 5.10 Å². The Morgan fingerprint density at radius 3 is 2.52 bits per heavy atom. The molecule has 0 aliphatic rings. The zero-order valence-electron chi connectivity index (χ0n) is 16.7. The molecule has 0 atom stereocenters. The predicted molar refractivity (Wildman–Crippen MR) is 121 cm³/mol. The van der Waals surface area contributed by atoms with Crippen molar-refractivity contribution in [3.05, 3.63) is 88.2 Å². The third-order valence-corrected chi connectivity index (χ3v) is 4.54. The fourth-order valence-corrected chi connectivity index (χ4v) is 2.89. The zero-order chi connectivity index (χ0) is 22.1. The van der Waals surface area contributed by atoms with Crippen LogP contribution in [0.5, 0.6) is 11.5 Å². The van der Waals surface area contributed by atoms with Crippen molar-refractivity contribution in [3.8, 4) is 11.5 Å². The number of nitrogens with zero attached hydrogens (tertiary/aromatic N) is 2. The van der Waals surface area contributed by atoms with E-state index < -0.39 is 5.97 Å². The fourth-order valence-electron chi connectivity index (χ4n) is 2.51. The first-order valence-corrected chi connectivity index (χ1v) is 10.3. The Labute approximate surface area is 188 Å². The Morgan fingerprint density at radius 1 is 1.06 bits per heavy atom. The minimum absolute atomic E-state index is 0.307. The van der Waals surface area contributed by atoms with Crippen LogP contribution in [0.25, 0.3) is 0 Å². The summed E-state index contributed by atoms with van der Waals surface area (Å²) in [6, 6.07) is 15.0. The van der Waals surface area contributed by atoms with E-state index in [1.807, 2.05) is 6.92 Å². The van der Waals surface area contributed by atoms with E-state index in [-0.39, 0.29) is 5.91 Å². The van der Waals surface area contributed by atoms with Crippen LogP contribution in [0.15, 0.2) is 76.6 Å². The quantitative estimate of drug-likeness (QED) is 0.219. The van der Waals surface area contributed by atoms with E-state index in [0.29, 0.717) is 34.8 Å². The molecule has 0 fully saturated rings. The molecule has 1 heterocycles. The Bertz CT molecular complexity index is 1070. The minimum atomic E-state index is -0.514. The van der Waals surface area contributed by atoms with Gasteiger partial charge in [-0.3, -0.25) is 9.78 Å². The highest BCUT2D eigenvalue weighted by molar-refractivity contribution is 9.10. The molecule has 0 aliphatic heterocycles. The highest BCUT2D eigenvalue weighted by Crippen LogP contribution is 2.23. The second-order valence-electron chi connectivity index (χ2n) is 6.38. The molecule has 0 saturated carbocycles. The molecule has 0 radical (unpaired) electrons. The summed E-state index contributed by atoms with van der Waals surface area (Å²) in [5.74, 6) is 0.110. The second kappa shape index (κ2) is 11.0. The molecular weight excluding hydrogens is 462 g/mol. The van der Waals surface area contributed by atoms with Crippen LogP contribution in [0.4, 0.5) is 0 Å². The number of pyridine rings is 1. The third-order valence-electron chi connectivity index (χ3n) is 4.05. The van der Waals surface area contributed by atoms with Crippen LogP contribution in [0.2, 0.25) is 0 Å². The van der Waals surface area contributed by atoms with Gasteiger partial charge in [-0.05, 0) is 61.0 Å². The number of hydrazone groups is 1. The average Bonchev–Trinajstić information content (AvgIpc) is 2.80. The minimum Gasteiger partial charge on any atom is -0.494 e. The number of nitrogens with one attached hydrogen (secondary N) is 1. The van der Waals surface area contributed by atoms with Crippen molar-refractivity contribution >= 4 is 34.0 Å². The molecule has 0 aliphatic carbocycles. The maximum absolute atomic E-state index is 12.5. The van der Waals surface area contributed by atoms with E-state index in [1.165, 1.54) is 18.6 Å². The summed E-state index contributed by atoms with van der Waals surface area (Å²) in [6.45, 7) is 2.64. The number of halogens is 1. The van der Waals surface area contributed by atoms with Gasteiger partial charge in [0.05, 0.1) is 18.4 Å². The zero-order valence-corrected chi connectivity index (χ0v) is 18.3. The normalized spacial score (nSPS) is 10.6. The number of rotatable bonds is 8. The molecule has 0 bridgehead atoms. The Morgan fingerprint density at radius 2 is 1.81 bits per heavy atom. The van der Waals surface area contributed by atoms with Crippen LogP contribution < -0.4 is 14.9 Å². The molecule has 0 spiro atoms. The van der Waals surface area contributed by atoms with Crippen molar-refractivity contribution in [3.63, 3.8) is 0 Å². The van der Waals surface area contributed by atoms with Gasteiger partial charge in [0.15, 0.2) is 0 Å². The van der Waals surface area contributed by atoms with Gasteiger partial charge in [-0.15, -0.1) is 0 Å². The lowest BCUT2D eigenvalue weighted by Crippen LogP contribution is -2.17. The SMILES string of the molecule is CCCOc1ccc(C(=O)Oc2ccc(Br)cc2/C=N/NC(=O)c2ccncc2)cc1. The summed E-state index contributed by atoms with van der Waals surface area (Å²) in [6.07, 6.45) is 5.36. The van der Waals surface area contributed by atoms with Gasteiger partial charge < -0.3 is 9.47 Å². The molecule has 0 saturated heterocycles. The molecule has 1 amide bonds. The monoisotopic (exact) mass is 481 g/mol. The van der Waals surface area contributed by atoms with Crippen LogP contribution in [-0.2, 0) is 0 Å².